The lowest BCUT2D eigenvalue weighted by atomic mass is 10.1. The summed E-state index contributed by atoms with van der Waals surface area (Å²) in [6.07, 6.45) is 3.44. The van der Waals surface area contributed by atoms with Crippen LogP contribution in [0.4, 0.5) is 11.4 Å². The molecular weight excluding hydrogens is 342 g/mol. The molecule has 2 amide bonds. The molecule has 0 atom stereocenters. The molecule has 1 saturated heterocycles. The van der Waals surface area contributed by atoms with Crippen molar-refractivity contribution in [2.45, 2.75) is 26.2 Å². The van der Waals surface area contributed by atoms with E-state index in [0.717, 1.165) is 37.4 Å². The van der Waals surface area contributed by atoms with Crippen LogP contribution in [0.5, 0.6) is 5.75 Å². The Bertz CT molecular complexity index is 812. The Morgan fingerprint density at radius 1 is 1.04 bits per heavy atom. The predicted octanol–water partition coefficient (Wildman–Crippen LogP) is 3.43. The number of anilines is 2. The summed E-state index contributed by atoms with van der Waals surface area (Å²) in [7, 11) is 0. The van der Waals surface area contributed by atoms with Gasteiger partial charge in [0.05, 0.1) is 18.0 Å². The standard InChI is InChI=1S/C21H25N3O3/c1-2-27-17-9-6-15(7-10-17)21(26)23-18-14-16(20(22)25)8-11-19(18)24-12-4-3-5-13-24/h6-11,14H,2-5,12-13H2,1H3,(H2,22,25)(H,23,26). The number of amides is 2. The highest BCUT2D eigenvalue weighted by atomic mass is 16.5. The van der Waals surface area contributed by atoms with Crippen LogP contribution in [-0.4, -0.2) is 31.5 Å². The molecule has 0 aromatic heterocycles. The normalized spacial score (nSPS) is 13.9. The van der Waals surface area contributed by atoms with Crippen molar-refractivity contribution >= 4 is 23.2 Å². The third kappa shape index (κ3) is 4.58. The molecule has 6 nitrogen and oxygen atoms in total. The Balaban J connectivity index is 1.85. The molecule has 2 aromatic carbocycles. The number of hydrogen-bond acceptors (Lipinski definition) is 4. The van der Waals surface area contributed by atoms with Gasteiger partial charge in [0.2, 0.25) is 5.91 Å². The molecule has 2 aromatic rings. The van der Waals surface area contributed by atoms with E-state index < -0.39 is 5.91 Å². The van der Waals surface area contributed by atoms with Crippen LogP contribution in [0.2, 0.25) is 0 Å². The van der Waals surface area contributed by atoms with Gasteiger partial charge in [0.1, 0.15) is 5.75 Å². The second kappa shape index (κ2) is 8.58. The number of carbonyl (C=O) groups is 2. The second-order valence-corrected chi connectivity index (χ2v) is 6.56. The maximum atomic E-state index is 12.7. The Labute approximate surface area is 159 Å². The second-order valence-electron chi connectivity index (χ2n) is 6.56. The summed E-state index contributed by atoms with van der Waals surface area (Å²) in [4.78, 5) is 26.5. The highest BCUT2D eigenvalue weighted by Crippen LogP contribution is 2.30. The Morgan fingerprint density at radius 3 is 2.33 bits per heavy atom. The van der Waals surface area contributed by atoms with Crippen molar-refractivity contribution in [2.75, 3.05) is 29.9 Å². The monoisotopic (exact) mass is 367 g/mol. The fourth-order valence-corrected chi connectivity index (χ4v) is 3.26. The van der Waals surface area contributed by atoms with Crippen molar-refractivity contribution in [2.24, 2.45) is 5.73 Å². The molecule has 0 aliphatic carbocycles. The maximum Gasteiger partial charge on any atom is 0.255 e. The van der Waals surface area contributed by atoms with Crippen molar-refractivity contribution in [3.05, 3.63) is 53.6 Å². The zero-order valence-electron chi connectivity index (χ0n) is 15.5. The van der Waals surface area contributed by atoms with Crippen molar-refractivity contribution in [3.63, 3.8) is 0 Å². The number of benzene rings is 2. The van der Waals surface area contributed by atoms with Gasteiger partial charge in [-0.2, -0.15) is 0 Å². The molecule has 0 saturated carbocycles. The smallest absolute Gasteiger partial charge is 0.255 e. The van der Waals surface area contributed by atoms with Gasteiger partial charge in [0.25, 0.3) is 5.91 Å². The van der Waals surface area contributed by atoms with E-state index in [0.29, 0.717) is 23.4 Å². The number of nitrogens with zero attached hydrogens (tertiary/aromatic N) is 1. The van der Waals surface area contributed by atoms with Crippen LogP contribution in [-0.2, 0) is 0 Å². The van der Waals surface area contributed by atoms with E-state index in [9.17, 15) is 9.59 Å². The van der Waals surface area contributed by atoms with Gasteiger partial charge in [-0.15, -0.1) is 0 Å². The lowest BCUT2D eigenvalue weighted by molar-refractivity contribution is 0.0996. The summed E-state index contributed by atoms with van der Waals surface area (Å²) in [5.41, 5.74) is 7.83. The summed E-state index contributed by atoms with van der Waals surface area (Å²) < 4.78 is 5.41. The van der Waals surface area contributed by atoms with E-state index >= 15 is 0 Å². The first kappa shape index (κ1) is 18.8. The van der Waals surface area contributed by atoms with Crippen molar-refractivity contribution in [1.29, 1.82) is 0 Å². The molecule has 3 rings (SSSR count). The Morgan fingerprint density at radius 2 is 1.70 bits per heavy atom. The van der Waals surface area contributed by atoms with Crippen LogP contribution >= 0.6 is 0 Å². The fourth-order valence-electron chi connectivity index (χ4n) is 3.26. The van der Waals surface area contributed by atoms with E-state index in [4.69, 9.17) is 10.5 Å². The van der Waals surface area contributed by atoms with E-state index in [2.05, 4.69) is 10.2 Å². The summed E-state index contributed by atoms with van der Waals surface area (Å²) in [5, 5.41) is 2.94. The zero-order valence-corrected chi connectivity index (χ0v) is 15.5. The molecule has 0 radical (unpaired) electrons. The zero-order chi connectivity index (χ0) is 19.2. The van der Waals surface area contributed by atoms with Gasteiger partial charge in [-0.25, -0.2) is 0 Å². The fraction of sp³-hybridized carbons (Fsp3) is 0.333. The number of rotatable bonds is 6. The first-order valence-corrected chi connectivity index (χ1v) is 9.31. The number of piperidine rings is 1. The van der Waals surface area contributed by atoms with E-state index in [1.54, 1.807) is 36.4 Å². The molecule has 3 N–H and O–H groups in total. The minimum Gasteiger partial charge on any atom is -0.494 e. The van der Waals surface area contributed by atoms with Crippen LogP contribution < -0.4 is 20.7 Å². The van der Waals surface area contributed by atoms with Crippen LogP contribution in [0, 0.1) is 0 Å². The highest BCUT2D eigenvalue weighted by Gasteiger charge is 2.18. The number of hydrogen-bond donors (Lipinski definition) is 2. The maximum absolute atomic E-state index is 12.7. The first-order valence-electron chi connectivity index (χ1n) is 9.31. The third-order valence-corrected chi connectivity index (χ3v) is 4.65. The van der Waals surface area contributed by atoms with Gasteiger partial charge >= 0.3 is 0 Å². The Hall–Kier alpha value is -3.02. The van der Waals surface area contributed by atoms with Crippen LogP contribution in [0.3, 0.4) is 0 Å². The molecule has 6 heteroatoms. The lowest BCUT2D eigenvalue weighted by Gasteiger charge is -2.30. The number of primary amides is 1. The van der Waals surface area contributed by atoms with Gasteiger partial charge in [0, 0.05) is 24.2 Å². The van der Waals surface area contributed by atoms with Gasteiger partial charge in [0.15, 0.2) is 0 Å². The average Bonchev–Trinajstić information content (AvgIpc) is 2.69. The minimum atomic E-state index is -0.517. The molecule has 142 valence electrons. The van der Waals surface area contributed by atoms with Gasteiger partial charge in [-0.3, -0.25) is 9.59 Å². The average molecular weight is 367 g/mol. The van der Waals surface area contributed by atoms with Crippen molar-refractivity contribution in [3.8, 4) is 5.75 Å². The molecule has 1 heterocycles. The largest absolute Gasteiger partial charge is 0.494 e. The third-order valence-electron chi connectivity index (χ3n) is 4.65. The van der Waals surface area contributed by atoms with Gasteiger partial charge < -0.3 is 20.7 Å². The van der Waals surface area contributed by atoms with E-state index in [-0.39, 0.29) is 5.91 Å². The van der Waals surface area contributed by atoms with Crippen LogP contribution in [0.15, 0.2) is 42.5 Å². The molecule has 0 bridgehead atoms. The molecule has 0 spiro atoms. The number of nitrogens with one attached hydrogen (secondary N) is 1. The SMILES string of the molecule is CCOc1ccc(C(=O)Nc2cc(C(N)=O)ccc2N2CCCCC2)cc1. The first-order chi connectivity index (χ1) is 13.1. The highest BCUT2D eigenvalue weighted by molar-refractivity contribution is 6.07. The molecule has 1 aliphatic rings. The molecular formula is C21H25N3O3. The molecule has 1 fully saturated rings. The minimum absolute atomic E-state index is 0.238. The number of ether oxygens (including phenoxy) is 1. The summed E-state index contributed by atoms with van der Waals surface area (Å²) in [6.45, 7) is 4.35. The van der Waals surface area contributed by atoms with Crippen molar-refractivity contribution in [1.82, 2.24) is 0 Å². The topological polar surface area (TPSA) is 84.7 Å². The van der Waals surface area contributed by atoms with Crippen molar-refractivity contribution < 1.29 is 14.3 Å². The van der Waals surface area contributed by atoms with Crippen LogP contribution in [0.25, 0.3) is 0 Å². The summed E-state index contributed by atoms with van der Waals surface area (Å²) in [6, 6.07) is 12.2. The van der Waals surface area contributed by atoms with E-state index in [1.165, 1.54) is 6.42 Å². The molecule has 0 unspecified atom stereocenters. The summed E-state index contributed by atoms with van der Waals surface area (Å²) >= 11 is 0. The van der Waals surface area contributed by atoms with E-state index in [1.807, 2.05) is 13.0 Å². The predicted molar refractivity (Wildman–Crippen MR) is 107 cm³/mol. The quantitative estimate of drug-likeness (QED) is 0.819. The van der Waals surface area contributed by atoms with Crippen LogP contribution in [0.1, 0.15) is 46.9 Å². The van der Waals surface area contributed by atoms with Gasteiger partial charge in [-0.1, -0.05) is 0 Å². The summed E-state index contributed by atoms with van der Waals surface area (Å²) in [5.74, 6) is -0.0338. The lowest BCUT2D eigenvalue weighted by Crippen LogP contribution is -2.30. The number of nitrogens with two attached hydrogens (primary N) is 1. The van der Waals surface area contributed by atoms with Gasteiger partial charge in [-0.05, 0) is 68.7 Å². The number of carbonyl (C=O) groups excluding carboxylic acids is 2. The Kier molecular flexibility index (Phi) is 5.96. The molecule has 1 aliphatic heterocycles. The molecule has 27 heavy (non-hydrogen) atoms.